The average Bonchev–Trinajstić information content (AvgIpc) is 2.41. The molecule has 0 fully saturated rings. The molecule has 2 aromatic carbocycles. The molecule has 0 radical (unpaired) electrons. The summed E-state index contributed by atoms with van der Waals surface area (Å²) in [6.45, 7) is 3.22. The van der Waals surface area contributed by atoms with Crippen molar-refractivity contribution >= 4 is 17.4 Å². The van der Waals surface area contributed by atoms with Crippen LogP contribution < -0.4 is 0 Å². The second kappa shape index (κ2) is 7.41. The van der Waals surface area contributed by atoms with Gasteiger partial charge in [0.25, 0.3) is 0 Å². The van der Waals surface area contributed by atoms with Crippen LogP contribution in [0.1, 0.15) is 24.2 Å². The summed E-state index contributed by atoms with van der Waals surface area (Å²) in [4.78, 5) is 11.1. The molecule has 0 N–H and O–H groups in total. The Morgan fingerprint density at radius 3 is 1.74 bits per heavy atom. The van der Waals surface area contributed by atoms with Crippen LogP contribution in [0.5, 0.6) is 0 Å². The van der Waals surface area contributed by atoms with E-state index in [2.05, 4.69) is 12.3 Å². The molecular formula is C17H15ClO. The van der Waals surface area contributed by atoms with Gasteiger partial charge in [-0.1, -0.05) is 48.0 Å². The van der Waals surface area contributed by atoms with E-state index in [0.29, 0.717) is 0 Å². The van der Waals surface area contributed by atoms with Gasteiger partial charge in [-0.2, -0.15) is 0 Å². The zero-order valence-corrected chi connectivity index (χ0v) is 11.7. The third kappa shape index (κ3) is 4.62. The number of terminal acetylenes is 1. The van der Waals surface area contributed by atoms with Crippen LogP contribution in [0, 0.1) is 12.3 Å². The van der Waals surface area contributed by atoms with Crippen molar-refractivity contribution in [3.8, 4) is 23.5 Å². The predicted molar refractivity (Wildman–Crippen MR) is 81.4 cm³/mol. The van der Waals surface area contributed by atoms with E-state index >= 15 is 0 Å². The van der Waals surface area contributed by atoms with E-state index in [0.717, 1.165) is 21.7 Å². The van der Waals surface area contributed by atoms with Gasteiger partial charge in [0.15, 0.2) is 5.78 Å². The molecule has 0 saturated heterocycles. The lowest BCUT2D eigenvalue weighted by atomic mass is 10.0. The molecule has 0 atom stereocenters. The topological polar surface area (TPSA) is 17.1 Å². The molecule has 0 saturated carbocycles. The van der Waals surface area contributed by atoms with Crippen molar-refractivity contribution in [3.63, 3.8) is 0 Å². The molecular weight excluding hydrogens is 256 g/mol. The van der Waals surface area contributed by atoms with Gasteiger partial charge in [0.1, 0.15) is 0 Å². The SMILES string of the molecule is C#CC.CC(=O)c1ccc(-c2ccc(Cl)cc2)cc1. The molecule has 2 aromatic rings. The van der Waals surface area contributed by atoms with E-state index in [1.807, 2.05) is 48.5 Å². The lowest BCUT2D eigenvalue weighted by Crippen LogP contribution is -1.90. The van der Waals surface area contributed by atoms with Gasteiger partial charge in [-0.3, -0.25) is 4.79 Å². The fraction of sp³-hybridized carbons (Fsp3) is 0.118. The molecule has 1 nitrogen and oxygen atoms in total. The minimum absolute atomic E-state index is 0.0858. The Morgan fingerprint density at radius 2 is 1.37 bits per heavy atom. The monoisotopic (exact) mass is 270 g/mol. The maximum absolute atomic E-state index is 11.1. The first kappa shape index (κ1) is 15.0. The van der Waals surface area contributed by atoms with Crippen molar-refractivity contribution in [2.24, 2.45) is 0 Å². The van der Waals surface area contributed by atoms with Gasteiger partial charge in [-0.15, -0.1) is 12.3 Å². The van der Waals surface area contributed by atoms with Gasteiger partial charge >= 0.3 is 0 Å². The van der Waals surface area contributed by atoms with Crippen molar-refractivity contribution in [2.45, 2.75) is 13.8 Å². The number of carbonyl (C=O) groups is 1. The summed E-state index contributed by atoms with van der Waals surface area (Å²) in [5.74, 6) is 2.34. The summed E-state index contributed by atoms with van der Waals surface area (Å²) in [7, 11) is 0. The largest absolute Gasteiger partial charge is 0.295 e. The summed E-state index contributed by atoms with van der Waals surface area (Å²) in [6.07, 6.45) is 4.60. The summed E-state index contributed by atoms with van der Waals surface area (Å²) >= 11 is 5.82. The standard InChI is InChI=1S/C14H11ClO.C3H4/c1-10(16)11-2-4-12(5-3-11)13-6-8-14(15)9-7-13;1-3-2/h2-9H,1H3;1H,2H3. The number of Topliss-reactive ketones (excluding diaryl/α,β-unsaturated/α-hetero) is 1. The molecule has 96 valence electrons. The second-order valence-electron chi connectivity index (χ2n) is 3.93. The number of hydrogen-bond donors (Lipinski definition) is 0. The smallest absolute Gasteiger partial charge is 0.159 e. The molecule has 0 aliphatic rings. The van der Waals surface area contributed by atoms with Crippen LogP contribution in [0.4, 0.5) is 0 Å². The van der Waals surface area contributed by atoms with E-state index in [1.54, 1.807) is 13.8 Å². The summed E-state index contributed by atoms with van der Waals surface area (Å²) < 4.78 is 0. The van der Waals surface area contributed by atoms with Crippen molar-refractivity contribution < 1.29 is 4.79 Å². The first-order valence-electron chi connectivity index (χ1n) is 5.82. The van der Waals surface area contributed by atoms with Crippen LogP contribution in [0.3, 0.4) is 0 Å². The number of carbonyl (C=O) groups excluding carboxylic acids is 1. The van der Waals surface area contributed by atoms with Crippen molar-refractivity contribution in [3.05, 3.63) is 59.1 Å². The Morgan fingerprint density at radius 1 is 1.00 bits per heavy atom. The molecule has 0 unspecified atom stereocenters. The highest BCUT2D eigenvalue weighted by Gasteiger charge is 2.00. The first-order chi connectivity index (χ1) is 9.08. The van der Waals surface area contributed by atoms with Crippen LogP contribution in [-0.2, 0) is 0 Å². The summed E-state index contributed by atoms with van der Waals surface area (Å²) in [5, 5.41) is 0.726. The van der Waals surface area contributed by atoms with Gasteiger partial charge in [-0.05, 0) is 37.1 Å². The Labute approximate surface area is 119 Å². The third-order valence-electron chi connectivity index (χ3n) is 2.47. The molecule has 19 heavy (non-hydrogen) atoms. The van der Waals surface area contributed by atoms with E-state index in [4.69, 9.17) is 11.6 Å². The first-order valence-corrected chi connectivity index (χ1v) is 6.20. The fourth-order valence-electron chi connectivity index (χ4n) is 1.54. The maximum Gasteiger partial charge on any atom is 0.159 e. The molecule has 0 heterocycles. The highest BCUT2D eigenvalue weighted by atomic mass is 35.5. The molecule has 0 spiro atoms. The second-order valence-corrected chi connectivity index (χ2v) is 4.37. The Bertz CT molecular complexity index is 574. The van der Waals surface area contributed by atoms with E-state index < -0.39 is 0 Å². The van der Waals surface area contributed by atoms with Crippen molar-refractivity contribution in [1.82, 2.24) is 0 Å². The van der Waals surface area contributed by atoms with Gasteiger partial charge in [-0.25, -0.2) is 0 Å². The normalized spacial score (nSPS) is 8.95. The van der Waals surface area contributed by atoms with Crippen LogP contribution in [-0.4, -0.2) is 5.78 Å². The molecule has 0 bridgehead atoms. The molecule has 0 aliphatic heterocycles. The Hall–Kier alpha value is -2.04. The van der Waals surface area contributed by atoms with Crippen LogP contribution in [0.2, 0.25) is 5.02 Å². The van der Waals surface area contributed by atoms with Gasteiger partial charge < -0.3 is 0 Å². The van der Waals surface area contributed by atoms with Crippen molar-refractivity contribution in [2.75, 3.05) is 0 Å². The highest BCUT2D eigenvalue weighted by Crippen LogP contribution is 2.21. The lowest BCUT2D eigenvalue weighted by Gasteiger charge is -2.02. The van der Waals surface area contributed by atoms with Crippen LogP contribution >= 0.6 is 11.6 Å². The molecule has 0 amide bonds. The van der Waals surface area contributed by atoms with E-state index in [-0.39, 0.29) is 5.78 Å². The quantitative estimate of drug-likeness (QED) is 0.563. The molecule has 2 rings (SSSR count). The molecule has 0 aliphatic carbocycles. The van der Waals surface area contributed by atoms with Gasteiger partial charge in [0.2, 0.25) is 0 Å². The Balaban J connectivity index is 0.000000550. The summed E-state index contributed by atoms with van der Waals surface area (Å²) in [5.41, 5.74) is 2.92. The van der Waals surface area contributed by atoms with Crippen LogP contribution in [0.25, 0.3) is 11.1 Å². The summed E-state index contributed by atoms with van der Waals surface area (Å²) in [6, 6.07) is 15.2. The number of halogens is 1. The van der Waals surface area contributed by atoms with Gasteiger partial charge in [0.05, 0.1) is 0 Å². The number of hydrogen-bond acceptors (Lipinski definition) is 1. The third-order valence-corrected chi connectivity index (χ3v) is 2.72. The number of rotatable bonds is 2. The average molecular weight is 271 g/mol. The van der Waals surface area contributed by atoms with Crippen molar-refractivity contribution in [1.29, 1.82) is 0 Å². The zero-order chi connectivity index (χ0) is 14.3. The predicted octanol–water partition coefficient (Wildman–Crippen LogP) is 4.85. The number of benzene rings is 2. The van der Waals surface area contributed by atoms with Crippen LogP contribution in [0.15, 0.2) is 48.5 Å². The highest BCUT2D eigenvalue weighted by molar-refractivity contribution is 6.30. The minimum atomic E-state index is 0.0858. The molecule has 0 aromatic heterocycles. The minimum Gasteiger partial charge on any atom is -0.295 e. The number of ketones is 1. The lowest BCUT2D eigenvalue weighted by molar-refractivity contribution is 0.101. The fourth-order valence-corrected chi connectivity index (χ4v) is 1.67. The van der Waals surface area contributed by atoms with E-state index in [1.165, 1.54) is 0 Å². The maximum atomic E-state index is 11.1. The van der Waals surface area contributed by atoms with Gasteiger partial charge in [0, 0.05) is 10.6 Å². The Kier molecular flexibility index (Phi) is 5.85. The zero-order valence-electron chi connectivity index (χ0n) is 11.0. The van der Waals surface area contributed by atoms with E-state index in [9.17, 15) is 4.79 Å². The molecule has 2 heteroatoms.